The van der Waals surface area contributed by atoms with Crippen molar-refractivity contribution in [1.29, 1.82) is 0 Å². The first kappa shape index (κ1) is 16.9. The number of nitro benzene ring substituents is 1. The lowest BCUT2D eigenvalue weighted by atomic mass is 9.84. The molecule has 0 aliphatic heterocycles. The van der Waals surface area contributed by atoms with Crippen molar-refractivity contribution >= 4 is 17.3 Å². The Morgan fingerprint density at radius 3 is 2.48 bits per heavy atom. The van der Waals surface area contributed by atoms with Crippen molar-refractivity contribution in [3.63, 3.8) is 0 Å². The lowest BCUT2D eigenvalue weighted by molar-refractivity contribution is -0.385. The number of carboxylic acid groups (broad SMARTS) is 1. The van der Waals surface area contributed by atoms with E-state index in [0.717, 1.165) is 0 Å². The largest absolute Gasteiger partial charge is 0.477 e. The van der Waals surface area contributed by atoms with Gasteiger partial charge in [-0.1, -0.05) is 20.8 Å². The van der Waals surface area contributed by atoms with Crippen molar-refractivity contribution in [2.45, 2.75) is 33.2 Å². The van der Waals surface area contributed by atoms with Crippen LogP contribution in [0.1, 0.15) is 37.6 Å². The van der Waals surface area contributed by atoms with Crippen LogP contribution < -0.4 is 5.32 Å². The molecule has 0 aromatic heterocycles. The number of carbonyl (C=O) groups is 1. The van der Waals surface area contributed by atoms with Gasteiger partial charge < -0.3 is 15.5 Å². The Labute approximate surface area is 122 Å². The zero-order valence-electron chi connectivity index (χ0n) is 12.3. The molecule has 0 heterocycles. The lowest BCUT2D eigenvalue weighted by Crippen LogP contribution is -2.34. The van der Waals surface area contributed by atoms with Crippen LogP contribution in [0.25, 0.3) is 0 Å². The van der Waals surface area contributed by atoms with Crippen LogP contribution in [0.2, 0.25) is 0 Å². The zero-order valence-corrected chi connectivity index (χ0v) is 12.3. The molecule has 7 nitrogen and oxygen atoms in total. The minimum atomic E-state index is -1.34. The third kappa shape index (κ3) is 4.42. The van der Waals surface area contributed by atoms with Crippen LogP contribution >= 0.6 is 0 Å². The number of benzene rings is 1. The minimum Gasteiger partial charge on any atom is -0.477 e. The van der Waals surface area contributed by atoms with E-state index in [9.17, 15) is 14.9 Å². The maximum Gasteiger partial charge on any atom is 0.342 e. The van der Waals surface area contributed by atoms with E-state index in [-0.39, 0.29) is 23.6 Å². The van der Waals surface area contributed by atoms with E-state index in [1.807, 2.05) is 20.8 Å². The van der Waals surface area contributed by atoms with E-state index in [0.29, 0.717) is 12.1 Å². The van der Waals surface area contributed by atoms with Gasteiger partial charge in [-0.15, -0.1) is 0 Å². The summed E-state index contributed by atoms with van der Waals surface area (Å²) >= 11 is 0. The topological polar surface area (TPSA) is 113 Å². The molecule has 116 valence electrons. The van der Waals surface area contributed by atoms with Gasteiger partial charge in [0.05, 0.1) is 4.92 Å². The summed E-state index contributed by atoms with van der Waals surface area (Å²) in [7, 11) is 0. The molecule has 0 bridgehead atoms. The number of nitrogens with one attached hydrogen (secondary N) is 1. The van der Waals surface area contributed by atoms with Gasteiger partial charge >= 0.3 is 5.97 Å². The summed E-state index contributed by atoms with van der Waals surface area (Å²) in [5.74, 6) is -1.34. The van der Waals surface area contributed by atoms with Gasteiger partial charge in [0, 0.05) is 24.4 Å². The second-order valence-corrected chi connectivity index (χ2v) is 5.87. The van der Waals surface area contributed by atoms with Gasteiger partial charge in [0.25, 0.3) is 5.69 Å². The monoisotopic (exact) mass is 296 g/mol. The average Bonchev–Trinajstić information content (AvgIpc) is 2.36. The molecular formula is C14H20N2O5. The van der Waals surface area contributed by atoms with Gasteiger partial charge in [-0.25, -0.2) is 4.79 Å². The number of hydrogen-bond acceptors (Lipinski definition) is 5. The molecule has 21 heavy (non-hydrogen) atoms. The summed E-state index contributed by atoms with van der Waals surface area (Å²) in [5, 5.41) is 32.1. The van der Waals surface area contributed by atoms with E-state index < -0.39 is 16.6 Å². The quantitative estimate of drug-likeness (QED) is 0.549. The van der Waals surface area contributed by atoms with Crippen molar-refractivity contribution < 1.29 is 19.9 Å². The van der Waals surface area contributed by atoms with Gasteiger partial charge in [-0.3, -0.25) is 10.1 Å². The van der Waals surface area contributed by atoms with Crippen LogP contribution in [0.3, 0.4) is 0 Å². The molecular weight excluding hydrogens is 276 g/mol. The minimum absolute atomic E-state index is 0.00968. The summed E-state index contributed by atoms with van der Waals surface area (Å²) in [6.07, 6.45) is 0.484. The van der Waals surface area contributed by atoms with Crippen LogP contribution in [0, 0.1) is 15.5 Å². The number of hydrogen-bond donors (Lipinski definition) is 3. The molecule has 0 fully saturated rings. The van der Waals surface area contributed by atoms with E-state index in [1.54, 1.807) is 0 Å². The highest BCUT2D eigenvalue weighted by Crippen LogP contribution is 2.28. The van der Waals surface area contributed by atoms with Crippen molar-refractivity contribution in [2.24, 2.45) is 5.41 Å². The number of aliphatic hydroxyl groups is 1. The van der Waals surface area contributed by atoms with Gasteiger partial charge in [0.1, 0.15) is 5.56 Å². The Balaban J connectivity index is 3.11. The van der Waals surface area contributed by atoms with E-state index in [4.69, 9.17) is 10.2 Å². The first-order valence-electron chi connectivity index (χ1n) is 6.56. The second kappa shape index (κ2) is 6.53. The van der Waals surface area contributed by atoms with Crippen LogP contribution in [0.5, 0.6) is 0 Å². The van der Waals surface area contributed by atoms with Crippen molar-refractivity contribution in [3.05, 3.63) is 33.9 Å². The van der Waals surface area contributed by atoms with Crippen molar-refractivity contribution in [2.75, 3.05) is 11.9 Å². The maximum absolute atomic E-state index is 11.0. The Hall–Kier alpha value is -2.15. The van der Waals surface area contributed by atoms with Crippen LogP contribution in [-0.2, 0) is 0 Å². The normalized spacial score (nSPS) is 12.8. The Bertz CT molecular complexity index is 537. The molecule has 7 heteroatoms. The third-order valence-electron chi connectivity index (χ3n) is 3.23. The van der Waals surface area contributed by atoms with Crippen LogP contribution in [-0.4, -0.2) is 33.8 Å². The fourth-order valence-corrected chi connectivity index (χ4v) is 2.01. The highest BCUT2D eigenvalue weighted by molar-refractivity contribution is 5.93. The molecule has 0 amide bonds. The zero-order chi connectivity index (χ0) is 16.2. The number of carboxylic acids is 1. The summed E-state index contributed by atoms with van der Waals surface area (Å²) in [6, 6.07) is 3.81. The molecule has 0 saturated carbocycles. The third-order valence-corrected chi connectivity index (χ3v) is 3.23. The second-order valence-electron chi connectivity index (χ2n) is 5.87. The molecule has 1 atom stereocenters. The molecule has 0 aliphatic carbocycles. The van der Waals surface area contributed by atoms with E-state index in [2.05, 4.69) is 5.32 Å². The number of anilines is 1. The molecule has 1 unspecified atom stereocenters. The first-order valence-corrected chi connectivity index (χ1v) is 6.56. The summed E-state index contributed by atoms with van der Waals surface area (Å²) < 4.78 is 0. The molecule has 1 aromatic rings. The lowest BCUT2D eigenvalue weighted by Gasteiger charge is -2.32. The maximum atomic E-state index is 11.0. The number of nitro groups is 1. The fourth-order valence-electron chi connectivity index (χ4n) is 2.01. The predicted octanol–water partition coefficient (Wildman–Crippen LogP) is 2.50. The Morgan fingerprint density at radius 1 is 1.43 bits per heavy atom. The molecule has 0 aliphatic rings. The number of aromatic carboxylic acids is 1. The molecule has 1 rings (SSSR count). The number of rotatable bonds is 6. The van der Waals surface area contributed by atoms with Crippen LogP contribution in [0.4, 0.5) is 11.4 Å². The highest BCUT2D eigenvalue weighted by Gasteiger charge is 2.26. The standard InChI is InChI=1S/C14H20N2O5/c1-14(2,3)12(6-7-17)15-9-4-5-10(13(18)19)11(8-9)16(20)21/h4-5,8,12,15,17H,6-7H2,1-3H3,(H,18,19). The molecule has 0 saturated heterocycles. The predicted molar refractivity (Wildman–Crippen MR) is 78.6 cm³/mol. The molecule has 3 N–H and O–H groups in total. The Morgan fingerprint density at radius 2 is 2.05 bits per heavy atom. The average molecular weight is 296 g/mol. The fraction of sp³-hybridized carbons (Fsp3) is 0.500. The summed E-state index contributed by atoms with van der Waals surface area (Å²) in [5.41, 5.74) is -0.507. The SMILES string of the molecule is CC(C)(C)C(CCO)Nc1ccc(C(=O)O)c([N+](=O)[O-])c1. The molecule has 1 aromatic carbocycles. The highest BCUT2D eigenvalue weighted by atomic mass is 16.6. The first-order chi connectivity index (χ1) is 9.66. The molecule has 0 radical (unpaired) electrons. The van der Waals surface area contributed by atoms with E-state index in [1.165, 1.54) is 18.2 Å². The van der Waals surface area contributed by atoms with Crippen molar-refractivity contribution in [1.82, 2.24) is 0 Å². The van der Waals surface area contributed by atoms with Crippen LogP contribution in [0.15, 0.2) is 18.2 Å². The summed E-state index contributed by atoms with van der Waals surface area (Å²) in [6.45, 7) is 5.95. The molecule has 0 spiro atoms. The smallest absolute Gasteiger partial charge is 0.342 e. The van der Waals surface area contributed by atoms with Gasteiger partial charge in [0.15, 0.2) is 0 Å². The van der Waals surface area contributed by atoms with Crippen molar-refractivity contribution in [3.8, 4) is 0 Å². The van der Waals surface area contributed by atoms with Gasteiger partial charge in [-0.05, 0) is 24.0 Å². The van der Waals surface area contributed by atoms with Gasteiger partial charge in [-0.2, -0.15) is 0 Å². The van der Waals surface area contributed by atoms with Gasteiger partial charge in [0.2, 0.25) is 0 Å². The van der Waals surface area contributed by atoms with E-state index >= 15 is 0 Å². The summed E-state index contributed by atoms with van der Waals surface area (Å²) in [4.78, 5) is 21.2. The number of nitrogens with zero attached hydrogens (tertiary/aromatic N) is 1. The number of aliphatic hydroxyl groups excluding tert-OH is 1. The Kier molecular flexibility index (Phi) is 5.26.